The number of amides is 2. The lowest BCUT2D eigenvalue weighted by atomic mass is 10.0. The Labute approximate surface area is 179 Å². The Morgan fingerprint density at radius 3 is 2.40 bits per heavy atom. The minimum atomic E-state index is -0.295. The van der Waals surface area contributed by atoms with Crippen LogP contribution in [0, 0.1) is 0 Å². The Hall–Kier alpha value is -3.25. The number of benzene rings is 3. The average molecular weight is 419 g/mol. The van der Waals surface area contributed by atoms with Crippen LogP contribution in [0.4, 0.5) is 0 Å². The van der Waals surface area contributed by atoms with Crippen molar-refractivity contribution in [2.75, 3.05) is 12.3 Å². The van der Waals surface area contributed by atoms with E-state index < -0.39 is 0 Å². The molecule has 0 radical (unpaired) electrons. The van der Waals surface area contributed by atoms with E-state index in [1.165, 1.54) is 4.90 Å². The van der Waals surface area contributed by atoms with Gasteiger partial charge in [-0.3, -0.25) is 9.59 Å². The third-order valence-electron chi connectivity index (χ3n) is 4.80. The maximum atomic E-state index is 12.4. The summed E-state index contributed by atoms with van der Waals surface area (Å²) in [4.78, 5) is 25.9. The first kappa shape index (κ1) is 20.0. The van der Waals surface area contributed by atoms with Gasteiger partial charge in [-0.1, -0.05) is 36.4 Å². The molecule has 1 aliphatic rings. The molecule has 1 unspecified atom stereocenters. The molecule has 4 rings (SSSR count). The number of fused-ring (bicyclic) bond motifs is 1. The molecular weight excluding hydrogens is 396 g/mol. The molecule has 6 heteroatoms. The van der Waals surface area contributed by atoms with Crippen molar-refractivity contribution < 1.29 is 14.3 Å². The monoisotopic (exact) mass is 418 g/mol. The van der Waals surface area contributed by atoms with E-state index >= 15 is 0 Å². The lowest BCUT2D eigenvalue weighted by Crippen LogP contribution is -2.39. The fourth-order valence-electron chi connectivity index (χ4n) is 3.30. The van der Waals surface area contributed by atoms with E-state index in [4.69, 9.17) is 4.74 Å². The normalized spacial score (nSPS) is 15.0. The zero-order valence-corrected chi connectivity index (χ0v) is 17.2. The highest BCUT2D eigenvalue weighted by Crippen LogP contribution is 2.35. The third-order valence-corrected chi connectivity index (χ3v) is 5.92. The molecule has 0 saturated carbocycles. The number of carbonyl (C=O) groups is 2. The Morgan fingerprint density at radius 2 is 1.60 bits per heavy atom. The molecule has 0 saturated heterocycles. The van der Waals surface area contributed by atoms with E-state index in [0.717, 1.165) is 23.5 Å². The molecule has 0 fully saturated rings. The SMILES string of the molecule is O=C(CNC(=O)c1ccc(Oc2ccccc2)cc1)NC1CCSc2ccccc21. The van der Waals surface area contributed by atoms with Crippen LogP contribution in [0.15, 0.2) is 83.8 Å². The van der Waals surface area contributed by atoms with Gasteiger partial charge in [0.2, 0.25) is 5.91 Å². The molecule has 0 bridgehead atoms. The Kier molecular flexibility index (Phi) is 6.35. The zero-order valence-electron chi connectivity index (χ0n) is 16.3. The average Bonchev–Trinajstić information content (AvgIpc) is 2.79. The molecule has 3 aromatic rings. The van der Waals surface area contributed by atoms with Gasteiger partial charge in [-0.25, -0.2) is 0 Å². The van der Waals surface area contributed by atoms with Crippen molar-refractivity contribution in [3.8, 4) is 11.5 Å². The molecule has 3 aromatic carbocycles. The standard InChI is InChI=1S/C24H22N2O3S/c27-23(26-21-14-15-30-22-9-5-4-8-20(21)22)16-25-24(28)17-10-12-19(13-11-17)29-18-6-2-1-3-7-18/h1-13,21H,14-16H2,(H,25,28)(H,26,27). The van der Waals surface area contributed by atoms with Gasteiger partial charge in [0.1, 0.15) is 11.5 Å². The Bertz CT molecular complexity index is 1020. The molecule has 2 amide bonds. The van der Waals surface area contributed by atoms with Gasteiger partial charge in [-0.05, 0) is 54.4 Å². The van der Waals surface area contributed by atoms with E-state index in [1.54, 1.807) is 36.0 Å². The van der Waals surface area contributed by atoms with Gasteiger partial charge in [-0.15, -0.1) is 11.8 Å². The van der Waals surface area contributed by atoms with Gasteiger partial charge in [0.15, 0.2) is 0 Å². The van der Waals surface area contributed by atoms with Crippen LogP contribution in [0.2, 0.25) is 0 Å². The summed E-state index contributed by atoms with van der Waals surface area (Å²) in [5.41, 5.74) is 1.62. The first-order chi connectivity index (χ1) is 14.7. The molecule has 1 aliphatic heterocycles. The molecule has 1 atom stereocenters. The molecule has 1 heterocycles. The largest absolute Gasteiger partial charge is 0.457 e. The van der Waals surface area contributed by atoms with Crippen LogP contribution in [-0.2, 0) is 4.79 Å². The number of ether oxygens (including phenoxy) is 1. The van der Waals surface area contributed by atoms with Crippen molar-refractivity contribution in [3.05, 3.63) is 90.0 Å². The second kappa shape index (κ2) is 9.50. The van der Waals surface area contributed by atoms with Crippen LogP contribution in [-0.4, -0.2) is 24.1 Å². The molecule has 152 valence electrons. The van der Waals surface area contributed by atoms with Crippen molar-refractivity contribution in [2.45, 2.75) is 17.4 Å². The fourth-order valence-corrected chi connectivity index (χ4v) is 4.42. The van der Waals surface area contributed by atoms with E-state index in [-0.39, 0.29) is 24.4 Å². The van der Waals surface area contributed by atoms with Crippen LogP contribution >= 0.6 is 11.8 Å². The van der Waals surface area contributed by atoms with Gasteiger partial charge in [0.05, 0.1) is 12.6 Å². The van der Waals surface area contributed by atoms with E-state index in [9.17, 15) is 9.59 Å². The maximum Gasteiger partial charge on any atom is 0.251 e. The molecule has 0 aliphatic carbocycles. The summed E-state index contributed by atoms with van der Waals surface area (Å²) in [6.07, 6.45) is 0.879. The molecule has 5 nitrogen and oxygen atoms in total. The van der Waals surface area contributed by atoms with Gasteiger partial charge >= 0.3 is 0 Å². The summed E-state index contributed by atoms with van der Waals surface area (Å²) < 4.78 is 5.73. The van der Waals surface area contributed by atoms with Crippen molar-refractivity contribution in [3.63, 3.8) is 0 Å². The molecular formula is C24H22N2O3S. The maximum absolute atomic E-state index is 12.4. The minimum absolute atomic E-state index is 0.0127. The van der Waals surface area contributed by atoms with Crippen LogP contribution in [0.3, 0.4) is 0 Å². The smallest absolute Gasteiger partial charge is 0.251 e. The second-order valence-corrected chi connectivity index (χ2v) is 8.05. The number of nitrogens with one attached hydrogen (secondary N) is 2. The summed E-state index contributed by atoms with van der Waals surface area (Å²) in [7, 11) is 0. The van der Waals surface area contributed by atoms with Crippen LogP contribution in [0.25, 0.3) is 0 Å². The molecule has 0 spiro atoms. The zero-order chi connectivity index (χ0) is 20.8. The summed E-state index contributed by atoms with van der Waals surface area (Å²) in [6, 6.07) is 24.4. The fraction of sp³-hybridized carbons (Fsp3) is 0.167. The molecule has 0 aromatic heterocycles. The highest BCUT2D eigenvalue weighted by Gasteiger charge is 2.22. The highest BCUT2D eigenvalue weighted by molar-refractivity contribution is 7.99. The van der Waals surface area contributed by atoms with Gasteiger partial charge in [0.25, 0.3) is 5.91 Å². The minimum Gasteiger partial charge on any atom is -0.457 e. The third kappa shape index (κ3) is 5.02. The van der Waals surface area contributed by atoms with Crippen molar-refractivity contribution in [1.82, 2.24) is 10.6 Å². The predicted molar refractivity (Wildman–Crippen MR) is 118 cm³/mol. The second-order valence-electron chi connectivity index (χ2n) is 6.92. The van der Waals surface area contributed by atoms with E-state index in [0.29, 0.717) is 11.3 Å². The van der Waals surface area contributed by atoms with Crippen molar-refractivity contribution in [2.24, 2.45) is 0 Å². The number of thioether (sulfide) groups is 1. The number of hydrogen-bond donors (Lipinski definition) is 2. The molecule has 2 N–H and O–H groups in total. The number of para-hydroxylation sites is 1. The summed E-state index contributed by atoms with van der Waals surface area (Å²) >= 11 is 1.81. The highest BCUT2D eigenvalue weighted by atomic mass is 32.2. The lowest BCUT2D eigenvalue weighted by molar-refractivity contribution is -0.120. The number of hydrogen-bond acceptors (Lipinski definition) is 4. The van der Waals surface area contributed by atoms with Gasteiger partial charge in [0, 0.05) is 16.2 Å². The predicted octanol–water partition coefficient (Wildman–Crippen LogP) is 4.56. The quantitative estimate of drug-likeness (QED) is 0.616. The topological polar surface area (TPSA) is 67.4 Å². The van der Waals surface area contributed by atoms with Crippen molar-refractivity contribution in [1.29, 1.82) is 0 Å². The van der Waals surface area contributed by atoms with E-state index in [1.807, 2.05) is 48.5 Å². The molecule has 30 heavy (non-hydrogen) atoms. The first-order valence-corrected chi connectivity index (χ1v) is 10.8. The summed E-state index contributed by atoms with van der Waals surface area (Å²) in [5.74, 6) is 1.85. The van der Waals surface area contributed by atoms with E-state index in [2.05, 4.69) is 16.7 Å². The summed E-state index contributed by atoms with van der Waals surface area (Å²) in [5, 5.41) is 5.72. The number of carbonyl (C=O) groups excluding carboxylic acids is 2. The van der Waals surface area contributed by atoms with Crippen LogP contribution < -0.4 is 15.4 Å². The Morgan fingerprint density at radius 1 is 0.900 bits per heavy atom. The first-order valence-electron chi connectivity index (χ1n) is 9.81. The van der Waals surface area contributed by atoms with Crippen LogP contribution in [0.1, 0.15) is 28.4 Å². The van der Waals surface area contributed by atoms with Gasteiger partial charge < -0.3 is 15.4 Å². The number of rotatable bonds is 6. The lowest BCUT2D eigenvalue weighted by Gasteiger charge is -2.25. The van der Waals surface area contributed by atoms with Crippen molar-refractivity contribution >= 4 is 23.6 Å². The van der Waals surface area contributed by atoms with Crippen LogP contribution in [0.5, 0.6) is 11.5 Å². The Balaban J connectivity index is 1.29. The summed E-state index contributed by atoms with van der Waals surface area (Å²) in [6.45, 7) is -0.0626. The van der Waals surface area contributed by atoms with Gasteiger partial charge in [-0.2, -0.15) is 0 Å².